The van der Waals surface area contributed by atoms with Crippen molar-refractivity contribution in [3.63, 3.8) is 0 Å². The average molecular weight is 440 g/mol. The standard InChI is InChI=1S/C28H24FNOP/c29-22-11-10-12-23(21-22)30-20-19-27(28(30)31)32(24-13-4-1-5-14-24,25-15-6-2-7-16-25)26-17-8-3-9-18-26/h1-18,21,27H,19-20H2/q+1. The van der Waals surface area contributed by atoms with Crippen LogP contribution in [-0.4, -0.2) is 18.1 Å². The minimum absolute atomic E-state index is 0.0699. The molecule has 1 unspecified atom stereocenters. The van der Waals surface area contributed by atoms with Crippen LogP contribution in [0.3, 0.4) is 0 Å². The molecule has 0 bridgehead atoms. The molecular formula is C28H24FNOP+. The van der Waals surface area contributed by atoms with E-state index in [1.807, 2.05) is 24.3 Å². The van der Waals surface area contributed by atoms with Crippen LogP contribution in [0.25, 0.3) is 0 Å². The monoisotopic (exact) mass is 440 g/mol. The lowest BCUT2D eigenvalue weighted by molar-refractivity contribution is -0.116. The van der Waals surface area contributed by atoms with E-state index in [0.29, 0.717) is 12.2 Å². The van der Waals surface area contributed by atoms with Crippen molar-refractivity contribution in [2.75, 3.05) is 11.4 Å². The zero-order chi connectivity index (χ0) is 22.0. The Morgan fingerprint density at radius 1 is 0.688 bits per heavy atom. The van der Waals surface area contributed by atoms with Crippen LogP contribution in [-0.2, 0) is 4.79 Å². The molecule has 0 saturated carbocycles. The Bertz CT molecular complexity index is 1120. The van der Waals surface area contributed by atoms with Crippen molar-refractivity contribution < 1.29 is 9.18 Å². The third kappa shape index (κ3) is 3.43. The van der Waals surface area contributed by atoms with Crippen LogP contribution >= 0.6 is 7.26 Å². The molecule has 4 aromatic rings. The van der Waals surface area contributed by atoms with Gasteiger partial charge in [0.25, 0.3) is 5.91 Å². The van der Waals surface area contributed by atoms with Crippen LogP contribution in [0.5, 0.6) is 0 Å². The van der Waals surface area contributed by atoms with Crippen molar-refractivity contribution in [3.8, 4) is 0 Å². The molecule has 4 aromatic carbocycles. The third-order valence-electron chi connectivity index (χ3n) is 6.26. The Morgan fingerprint density at radius 3 is 1.66 bits per heavy atom. The first-order chi connectivity index (χ1) is 15.7. The second-order valence-electron chi connectivity index (χ2n) is 8.00. The number of rotatable bonds is 5. The zero-order valence-electron chi connectivity index (χ0n) is 17.6. The van der Waals surface area contributed by atoms with Crippen LogP contribution < -0.4 is 20.8 Å². The Hall–Kier alpha value is -3.29. The molecule has 0 N–H and O–H groups in total. The Morgan fingerprint density at radius 2 is 1.19 bits per heavy atom. The summed E-state index contributed by atoms with van der Waals surface area (Å²) in [7, 11) is -2.31. The summed E-state index contributed by atoms with van der Waals surface area (Å²) >= 11 is 0. The number of amides is 1. The predicted octanol–water partition coefficient (Wildman–Crippen LogP) is 4.93. The van der Waals surface area contributed by atoms with Crippen LogP contribution in [0.1, 0.15) is 6.42 Å². The van der Waals surface area contributed by atoms with E-state index < -0.39 is 7.26 Å². The van der Waals surface area contributed by atoms with Crippen LogP contribution in [0.4, 0.5) is 10.1 Å². The van der Waals surface area contributed by atoms with Gasteiger partial charge >= 0.3 is 0 Å². The molecule has 1 amide bonds. The summed E-state index contributed by atoms with van der Waals surface area (Å²) in [5.74, 6) is -0.255. The van der Waals surface area contributed by atoms with Crippen LogP contribution in [0.15, 0.2) is 115 Å². The number of anilines is 1. The third-order valence-corrected chi connectivity index (χ3v) is 11.0. The first-order valence-electron chi connectivity index (χ1n) is 10.8. The van der Waals surface area contributed by atoms with Gasteiger partial charge in [-0.15, -0.1) is 0 Å². The van der Waals surface area contributed by atoms with Crippen molar-refractivity contribution in [2.45, 2.75) is 12.1 Å². The fourth-order valence-electron chi connectivity index (χ4n) is 4.90. The largest absolute Gasteiger partial charge is 0.309 e. The molecular weight excluding hydrogens is 416 g/mol. The van der Waals surface area contributed by atoms with E-state index in [9.17, 15) is 9.18 Å². The second-order valence-corrected chi connectivity index (χ2v) is 11.6. The lowest BCUT2D eigenvalue weighted by Gasteiger charge is -2.32. The van der Waals surface area contributed by atoms with Gasteiger partial charge in [-0.2, -0.15) is 0 Å². The lowest BCUT2D eigenvalue weighted by atomic mass is 10.3. The molecule has 1 atom stereocenters. The number of carbonyl (C=O) groups excluding carboxylic acids is 1. The van der Waals surface area contributed by atoms with Crippen molar-refractivity contribution in [1.29, 1.82) is 0 Å². The summed E-state index contributed by atoms with van der Waals surface area (Å²) in [6.45, 7) is 0.585. The SMILES string of the molecule is O=C1C([P+](c2ccccc2)(c2ccccc2)c2ccccc2)CCN1c1cccc(F)c1. The quantitative estimate of drug-likeness (QED) is 0.403. The summed E-state index contributed by atoms with van der Waals surface area (Å²) in [5.41, 5.74) is 0.419. The van der Waals surface area contributed by atoms with Gasteiger partial charge in [-0.3, -0.25) is 4.79 Å². The fourth-order valence-corrected chi connectivity index (χ4v) is 9.78. The van der Waals surface area contributed by atoms with E-state index in [4.69, 9.17) is 0 Å². The molecule has 0 radical (unpaired) electrons. The molecule has 5 rings (SSSR count). The van der Waals surface area contributed by atoms with E-state index in [0.717, 1.165) is 6.42 Å². The maximum Gasteiger partial charge on any atom is 0.268 e. The van der Waals surface area contributed by atoms with Crippen molar-refractivity contribution in [1.82, 2.24) is 0 Å². The van der Waals surface area contributed by atoms with Crippen molar-refractivity contribution >= 4 is 34.8 Å². The lowest BCUT2D eigenvalue weighted by Crippen LogP contribution is -2.42. The number of hydrogen-bond donors (Lipinski definition) is 0. The van der Waals surface area contributed by atoms with Gasteiger partial charge in [0.15, 0.2) is 5.66 Å². The Labute approximate surface area is 188 Å². The molecule has 0 aromatic heterocycles. The van der Waals surface area contributed by atoms with E-state index in [1.165, 1.54) is 28.0 Å². The van der Waals surface area contributed by atoms with Crippen LogP contribution in [0, 0.1) is 5.82 Å². The number of nitrogens with zero attached hydrogens (tertiary/aromatic N) is 1. The van der Waals surface area contributed by atoms with E-state index in [-0.39, 0.29) is 17.4 Å². The highest BCUT2D eigenvalue weighted by molar-refractivity contribution is 7.97. The maximum atomic E-state index is 14.0. The van der Waals surface area contributed by atoms with Gasteiger partial charge in [0.1, 0.15) is 29.0 Å². The van der Waals surface area contributed by atoms with Gasteiger partial charge in [-0.25, -0.2) is 4.39 Å². The molecule has 2 nitrogen and oxygen atoms in total. The van der Waals surface area contributed by atoms with Gasteiger partial charge in [0, 0.05) is 18.7 Å². The average Bonchev–Trinajstić information content (AvgIpc) is 3.23. The summed E-state index contributed by atoms with van der Waals surface area (Å²) < 4.78 is 13.9. The summed E-state index contributed by atoms with van der Waals surface area (Å²) in [5, 5.41) is 3.57. The molecule has 0 spiro atoms. The summed E-state index contributed by atoms with van der Waals surface area (Å²) in [6.07, 6.45) is 0.724. The first kappa shape index (κ1) is 20.6. The molecule has 1 saturated heterocycles. The van der Waals surface area contributed by atoms with Gasteiger partial charge in [-0.05, 0) is 54.6 Å². The van der Waals surface area contributed by atoms with E-state index in [1.54, 1.807) is 11.0 Å². The highest BCUT2D eigenvalue weighted by atomic mass is 31.2. The normalized spacial score (nSPS) is 16.3. The Balaban J connectivity index is 1.73. The Kier molecular flexibility index (Phi) is 5.59. The number of hydrogen-bond acceptors (Lipinski definition) is 1. The topological polar surface area (TPSA) is 20.3 Å². The number of halogens is 1. The van der Waals surface area contributed by atoms with Crippen molar-refractivity contribution in [2.24, 2.45) is 0 Å². The molecule has 158 valence electrons. The molecule has 1 aliphatic heterocycles. The highest BCUT2D eigenvalue weighted by Gasteiger charge is 2.58. The van der Waals surface area contributed by atoms with Gasteiger partial charge < -0.3 is 4.90 Å². The summed E-state index contributed by atoms with van der Waals surface area (Å²) in [4.78, 5) is 15.8. The first-order valence-corrected chi connectivity index (χ1v) is 12.7. The van der Waals surface area contributed by atoms with Crippen molar-refractivity contribution in [3.05, 3.63) is 121 Å². The predicted molar refractivity (Wildman–Crippen MR) is 132 cm³/mol. The molecule has 0 aliphatic carbocycles. The molecule has 1 heterocycles. The maximum absolute atomic E-state index is 14.0. The molecule has 1 aliphatic rings. The summed E-state index contributed by atoms with van der Waals surface area (Å²) in [6, 6.07) is 37.7. The fraction of sp³-hybridized carbons (Fsp3) is 0.107. The van der Waals surface area contributed by atoms with Crippen LogP contribution in [0.2, 0.25) is 0 Å². The zero-order valence-corrected chi connectivity index (χ0v) is 18.5. The van der Waals surface area contributed by atoms with E-state index >= 15 is 0 Å². The minimum Gasteiger partial charge on any atom is -0.309 e. The number of benzene rings is 4. The van der Waals surface area contributed by atoms with Gasteiger partial charge in [-0.1, -0.05) is 60.7 Å². The molecule has 4 heteroatoms. The van der Waals surface area contributed by atoms with E-state index in [2.05, 4.69) is 72.8 Å². The smallest absolute Gasteiger partial charge is 0.268 e. The van der Waals surface area contributed by atoms with Gasteiger partial charge in [0.2, 0.25) is 0 Å². The molecule has 32 heavy (non-hydrogen) atoms. The minimum atomic E-state index is -2.31. The highest BCUT2D eigenvalue weighted by Crippen LogP contribution is 2.62. The number of carbonyl (C=O) groups is 1. The second kappa shape index (κ2) is 8.68. The van der Waals surface area contributed by atoms with Gasteiger partial charge in [0.05, 0.1) is 0 Å². The molecule has 1 fully saturated rings.